The summed E-state index contributed by atoms with van der Waals surface area (Å²) in [4.78, 5) is 2.42. The molecule has 1 aromatic rings. The minimum Gasteiger partial charge on any atom is -0.497 e. The Bertz CT molecular complexity index is 419. The second-order valence-electron chi connectivity index (χ2n) is 5.09. The molecule has 0 spiro atoms. The van der Waals surface area contributed by atoms with Crippen LogP contribution in [0.25, 0.3) is 0 Å². The highest BCUT2D eigenvalue weighted by atomic mass is 16.5. The summed E-state index contributed by atoms with van der Waals surface area (Å²) in [6, 6.07) is 7.02. The van der Waals surface area contributed by atoms with Crippen molar-refractivity contribution < 1.29 is 4.74 Å². The van der Waals surface area contributed by atoms with Gasteiger partial charge in [-0.15, -0.1) is 0 Å². The number of aryl methyl sites for hydroxylation is 1. The fourth-order valence-electron chi connectivity index (χ4n) is 3.21. The predicted octanol–water partition coefficient (Wildman–Crippen LogP) is 2.29. The molecule has 0 aliphatic carbocycles. The maximum Gasteiger partial charge on any atom is 0.120 e. The van der Waals surface area contributed by atoms with Gasteiger partial charge in [-0.25, -0.2) is 0 Å². The van der Waals surface area contributed by atoms with Gasteiger partial charge in [-0.2, -0.15) is 0 Å². The van der Waals surface area contributed by atoms with Gasteiger partial charge >= 0.3 is 0 Å². The number of nitrogens with two attached hydrogens (primary N) is 1. The molecule has 2 aliphatic heterocycles. The molecular formula is C14H20N2O. The quantitative estimate of drug-likeness (QED) is 0.807. The molecule has 17 heavy (non-hydrogen) atoms. The first kappa shape index (κ1) is 10.9. The number of fused-ring (bicyclic) bond motifs is 3. The number of methoxy groups -OCH3 is 1. The second kappa shape index (κ2) is 4.22. The summed E-state index contributed by atoms with van der Waals surface area (Å²) in [6.45, 7) is 0. The number of piperidine rings is 1. The molecule has 2 aliphatic rings. The standard InChI is InChI=1S/C14H20N2O/c1-17-12-8-6-10-5-7-11-3-2-4-14(15)16(11)13(10)9-12/h6,8-9,11,14H,2-5,7,15H2,1H3. The van der Waals surface area contributed by atoms with E-state index in [-0.39, 0.29) is 6.17 Å². The molecule has 0 amide bonds. The van der Waals surface area contributed by atoms with Gasteiger partial charge in [-0.1, -0.05) is 6.07 Å². The summed E-state index contributed by atoms with van der Waals surface area (Å²) in [5.41, 5.74) is 9.00. The van der Waals surface area contributed by atoms with Crippen molar-refractivity contribution in [3.8, 4) is 5.75 Å². The fraction of sp³-hybridized carbons (Fsp3) is 0.571. The van der Waals surface area contributed by atoms with Gasteiger partial charge in [0, 0.05) is 17.8 Å². The van der Waals surface area contributed by atoms with Crippen molar-refractivity contribution in [2.24, 2.45) is 5.73 Å². The predicted molar refractivity (Wildman–Crippen MR) is 69.4 cm³/mol. The molecule has 3 rings (SSSR count). The summed E-state index contributed by atoms with van der Waals surface area (Å²) in [5.74, 6) is 0.933. The van der Waals surface area contributed by atoms with Crippen LogP contribution in [0.3, 0.4) is 0 Å². The van der Waals surface area contributed by atoms with Crippen molar-refractivity contribution in [3.05, 3.63) is 23.8 Å². The molecule has 0 bridgehead atoms. The summed E-state index contributed by atoms with van der Waals surface area (Å²) in [5, 5.41) is 0. The van der Waals surface area contributed by atoms with Gasteiger partial charge in [0.2, 0.25) is 0 Å². The molecule has 1 fully saturated rings. The van der Waals surface area contributed by atoms with Gasteiger partial charge in [0.25, 0.3) is 0 Å². The zero-order chi connectivity index (χ0) is 11.8. The maximum atomic E-state index is 6.28. The molecule has 2 atom stereocenters. The number of benzene rings is 1. The molecule has 92 valence electrons. The van der Waals surface area contributed by atoms with Gasteiger partial charge in [-0.3, -0.25) is 0 Å². The molecule has 1 aromatic carbocycles. The zero-order valence-electron chi connectivity index (χ0n) is 10.4. The number of hydrogen-bond acceptors (Lipinski definition) is 3. The lowest BCUT2D eigenvalue weighted by atomic mass is 9.88. The van der Waals surface area contributed by atoms with Crippen molar-refractivity contribution in [2.75, 3.05) is 12.0 Å². The van der Waals surface area contributed by atoms with Crippen molar-refractivity contribution in [3.63, 3.8) is 0 Å². The van der Waals surface area contributed by atoms with Crippen LogP contribution in [-0.4, -0.2) is 19.3 Å². The van der Waals surface area contributed by atoms with Crippen LogP contribution >= 0.6 is 0 Å². The largest absolute Gasteiger partial charge is 0.497 e. The van der Waals surface area contributed by atoms with Crippen LogP contribution in [0.15, 0.2) is 18.2 Å². The Labute approximate surface area is 103 Å². The van der Waals surface area contributed by atoms with Crippen molar-refractivity contribution in [1.82, 2.24) is 0 Å². The van der Waals surface area contributed by atoms with E-state index in [0.29, 0.717) is 6.04 Å². The SMILES string of the molecule is COc1ccc2c(c1)N1C(N)CCCC1CC2. The average molecular weight is 232 g/mol. The Morgan fingerprint density at radius 1 is 1.29 bits per heavy atom. The Hall–Kier alpha value is -1.22. The van der Waals surface area contributed by atoms with Gasteiger partial charge in [0.1, 0.15) is 5.75 Å². The Morgan fingerprint density at radius 3 is 3.00 bits per heavy atom. The summed E-state index contributed by atoms with van der Waals surface area (Å²) >= 11 is 0. The smallest absolute Gasteiger partial charge is 0.120 e. The lowest BCUT2D eigenvalue weighted by Crippen LogP contribution is -2.53. The van der Waals surface area contributed by atoms with Gasteiger partial charge in [0.15, 0.2) is 0 Å². The van der Waals surface area contributed by atoms with E-state index in [1.165, 1.54) is 36.9 Å². The van der Waals surface area contributed by atoms with Crippen LogP contribution in [0.4, 0.5) is 5.69 Å². The van der Waals surface area contributed by atoms with Gasteiger partial charge in [0.05, 0.1) is 13.3 Å². The molecule has 3 heteroatoms. The Morgan fingerprint density at radius 2 is 2.18 bits per heavy atom. The third kappa shape index (κ3) is 1.78. The van der Waals surface area contributed by atoms with Crippen molar-refractivity contribution in [1.29, 1.82) is 0 Å². The normalized spacial score (nSPS) is 27.3. The minimum absolute atomic E-state index is 0.180. The number of hydrogen-bond donors (Lipinski definition) is 1. The fourth-order valence-corrected chi connectivity index (χ4v) is 3.21. The van der Waals surface area contributed by atoms with Crippen LogP contribution < -0.4 is 15.4 Å². The molecule has 3 nitrogen and oxygen atoms in total. The lowest BCUT2D eigenvalue weighted by Gasteiger charge is -2.46. The van der Waals surface area contributed by atoms with Crippen LogP contribution in [0.5, 0.6) is 5.75 Å². The van der Waals surface area contributed by atoms with Crippen LogP contribution in [-0.2, 0) is 6.42 Å². The third-order valence-corrected chi connectivity index (χ3v) is 4.11. The zero-order valence-corrected chi connectivity index (χ0v) is 10.4. The van der Waals surface area contributed by atoms with Crippen LogP contribution in [0.1, 0.15) is 31.2 Å². The average Bonchev–Trinajstić information content (AvgIpc) is 2.38. The van der Waals surface area contributed by atoms with Gasteiger partial charge < -0.3 is 15.4 Å². The highest BCUT2D eigenvalue weighted by Gasteiger charge is 2.32. The third-order valence-electron chi connectivity index (χ3n) is 4.11. The molecule has 2 unspecified atom stereocenters. The lowest BCUT2D eigenvalue weighted by molar-refractivity contribution is 0.359. The number of nitrogens with zero attached hydrogens (tertiary/aromatic N) is 1. The minimum atomic E-state index is 0.180. The number of anilines is 1. The van der Waals surface area contributed by atoms with E-state index in [0.717, 1.165) is 12.2 Å². The van der Waals surface area contributed by atoms with E-state index in [1.54, 1.807) is 7.11 Å². The monoisotopic (exact) mass is 232 g/mol. The van der Waals surface area contributed by atoms with E-state index in [4.69, 9.17) is 10.5 Å². The van der Waals surface area contributed by atoms with E-state index in [9.17, 15) is 0 Å². The molecule has 0 radical (unpaired) electrons. The van der Waals surface area contributed by atoms with Crippen LogP contribution in [0.2, 0.25) is 0 Å². The van der Waals surface area contributed by atoms with E-state index in [1.807, 2.05) is 0 Å². The van der Waals surface area contributed by atoms with Gasteiger partial charge in [-0.05, 0) is 43.7 Å². The maximum absolute atomic E-state index is 6.28. The van der Waals surface area contributed by atoms with Crippen molar-refractivity contribution >= 4 is 5.69 Å². The second-order valence-corrected chi connectivity index (χ2v) is 5.09. The highest BCUT2D eigenvalue weighted by molar-refractivity contribution is 5.60. The first-order chi connectivity index (χ1) is 8.29. The molecule has 2 N–H and O–H groups in total. The highest BCUT2D eigenvalue weighted by Crippen LogP contribution is 2.38. The van der Waals surface area contributed by atoms with Crippen molar-refractivity contribution in [2.45, 2.75) is 44.3 Å². The Balaban J connectivity index is 2.02. The molecule has 2 heterocycles. The van der Waals surface area contributed by atoms with E-state index < -0.39 is 0 Å². The summed E-state index contributed by atoms with van der Waals surface area (Å²) < 4.78 is 5.33. The molecular weight excluding hydrogens is 212 g/mol. The molecule has 1 saturated heterocycles. The molecule has 0 aromatic heterocycles. The number of ether oxygens (including phenoxy) is 1. The summed E-state index contributed by atoms with van der Waals surface area (Å²) in [7, 11) is 1.72. The van der Waals surface area contributed by atoms with Crippen LogP contribution in [0, 0.1) is 0 Å². The first-order valence-corrected chi connectivity index (χ1v) is 6.50. The Kier molecular flexibility index (Phi) is 2.71. The molecule has 0 saturated carbocycles. The summed E-state index contributed by atoms with van der Waals surface area (Å²) in [6.07, 6.45) is 6.25. The number of rotatable bonds is 1. The topological polar surface area (TPSA) is 38.5 Å². The van der Waals surface area contributed by atoms with E-state index in [2.05, 4.69) is 23.1 Å². The van der Waals surface area contributed by atoms with E-state index >= 15 is 0 Å². The first-order valence-electron chi connectivity index (χ1n) is 6.50.